The Labute approximate surface area is 80.2 Å². The number of hydrogen-bond acceptors (Lipinski definition) is 3. The van der Waals surface area contributed by atoms with Gasteiger partial charge in [0.25, 0.3) is 0 Å². The van der Waals surface area contributed by atoms with Crippen molar-refractivity contribution in [2.45, 2.75) is 33.2 Å². The van der Waals surface area contributed by atoms with Gasteiger partial charge in [0.1, 0.15) is 6.04 Å². The first kappa shape index (κ1) is 12.2. The van der Waals surface area contributed by atoms with E-state index >= 15 is 0 Å². The molecule has 76 valence electrons. The second-order valence-corrected chi connectivity index (χ2v) is 3.13. The Bertz CT molecular complexity index is 178. The molecule has 0 bridgehead atoms. The van der Waals surface area contributed by atoms with Gasteiger partial charge in [0, 0.05) is 0 Å². The number of esters is 1. The molecule has 0 heterocycles. The van der Waals surface area contributed by atoms with Crippen LogP contribution in [-0.4, -0.2) is 25.2 Å². The van der Waals surface area contributed by atoms with Crippen LogP contribution in [-0.2, 0) is 9.53 Å². The summed E-state index contributed by atoms with van der Waals surface area (Å²) in [5, 5.41) is 3.06. The topological polar surface area (TPSA) is 38.3 Å². The molecule has 13 heavy (non-hydrogen) atoms. The molecule has 0 spiro atoms. The fourth-order valence-corrected chi connectivity index (χ4v) is 0.853. The van der Waals surface area contributed by atoms with Crippen LogP contribution >= 0.6 is 0 Å². The van der Waals surface area contributed by atoms with Gasteiger partial charge in [0.05, 0.1) is 6.61 Å². The standard InChI is InChI=1S/C10H19NO2/c1-5-13-10(12)9(4)11-7-6-8(2)3/h9,11H,2,5-7H2,1,3-4H3. The average molecular weight is 185 g/mol. The minimum absolute atomic E-state index is 0.191. The molecule has 0 aliphatic heterocycles. The van der Waals surface area contributed by atoms with Crippen LogP contribution in [0.4, 0.5) is 0 Å². The highest BCUT2D eigenvalue weighted by Gasteiger charge is 2.11. The molecule has 0 aromatic carbocycles. The lowest BCUT2D eigenvalue weighted by Gasteiger charge is -2.11. The number of ether oxygens (including phenoxy) is 1. The zero-order chi connectivity index (χ0) is 10.3. The van der Waals surface area contributed by atoms with Crippen LogP contribution in [0.1, 0.15) is 27.2 Å². The quantitative estimate of drug-likeness (QED) is 0.503. The first-order chi connectivity index (χ1) is 6.07. The molecule has 3 nitrogen and oxygen atoms in total. The minimum atomic E-state index is -0.223. The van der Waals surface area contributed by atoms with Crippen molar-refractivity contribution in [3.8, 4) is 0 Å². The number of nitrogens with one attached hydrogen (secondary N) is 1. The van der Waals surface area contributed by atoms with E-state index in [2.05, 4.69) is 11.9 Å². The molecule has 0 radical (unpaired) electrons. The summed E-state index contributed by atoms with van der Waals surface area (Å²) in [6.07, 6.45) is 0.893. The van der Waals surface area contributed by atoms with Crippen molar-refractivity contribution in [2.75, 3.05) is 13.2 Å². The smallest absolute Gasteiger partial charge is 0.322 e. The third-order valence-electron chi connectivity index (χ3n) is 1.64. The van der Waals surface area contributed by atoms with Gasteiger partial charge in [-0.25, -0.2) is 0 Å². The summed E-state index contributed by atoms with van der Waals surface area (Å²) in [7, 11) is 0. The van der Waals surface area contributed by atoms with E-state index in [1.54, 1.807) is 13.8 Å². The monoisotopic (exact) mass is 185 g/mol. The van der Waals surface area contributed by atoms with Gasteiger partial charge in [0.2, 0.25) is 0 Å². The van der Waals surface area contributed by atoms with E-state index in [1.807, 2.05) is 6.92 Å². The van der Waals surface area contributed by atoms with Crippen LogP contribution in [0.3, 0.4) is 0 Å². The fourth-order valence-electron chi connectivity index (χ4n) is 0.853. The van der Waals surface area contributed by atoms with E-state index < -0.39 is 0 Å². The van der Waals surface area contributed by atoms with E-state index in [0.717, 1.165) is 18.5 Å². The van der Waals surface area contributed by atoms with Crippen molar-refractivity contribution in [2.24, 2.45) is 0 Å². The third kappa shape index (κ3) is 6.34. The van der Waals surface area contributed by atoms with Gasteiger partial charge in [-0.15, -0.1) is 6.58 Å². The molecule has 0 rings (SSSR count). The van der Waals surface area contributed by atoms with Gasteiger partial charge < -0.3 is 10.1 Å². The number of carbonyl (C=O) groups excluding carboxylic acids is 1. The molecule has 0 amide bonds. The summed E-state index contributed by atoms with van der Waals surface area (Å²) in [4.78, 5) is 11.1. The van der Waals surface area contributed by atoms with Crippen LogP contribution in [0.25, 0.3) is 0 Å². The van der Waals surface area contributed by atoms with E-state index in [4.69, 9.17) is 4.74 Å². The number of carbonyl (C=O) groups is 1. The maximum absolute atomic E-state index is 11.1. The van der Waals surface area contributed by atoms with Crippen LogP contribution < -0.4 is 5.32 Å². The maximum atomic E-state index is 11.1. The number of rotatable bonds is 6. The van der Waals surface area contributed by atoms with E-state index in [1.165, 1.54) is 0 Å². The second kappa shape index (κ2) is 6.66. The summed E-state index contributed by atoms with van der Waals surface area (Å²) in [5.74, 6) is -0.191. The molecule has 0 fully saturated rings. The Morgan fingerprint density at radius 2 is 2.23 bits per heavy atom. The molecule has 0 aliphatic carbocycles. The second-order valence-electron chi connectivity index (χ2n) is 3.13. The lowest BCUT2D eigenvalue weighted by atomic mass is 10.2. The van der Waals surface area contributed by atoms with Gasteiger partial charge in [-0.2, -0.15) is 0 Å². The van der Waals surface area contributed by atoms with Crippen molar-refractivity contribution < 1.29 is 9.53 Å². The zero-order valence-corrected chi connectivity index (χ0v) is 8.72. The van der Waals surface area contributed by atoms with Gasteiger partial charge in [-0.1, -0.05) is 5.57 Å². The highest BCUT2D eigenvalue weighted by atomic mass is 16.5. The fraction of sp³-hybridized carbons (Fsp3) is 0.700. The van der Waals surface area contributed by atoms with Crippen molar-refractivity contribution in [1.82, 2.24) is 5.32 Å². The van der Waals surface area contributed by atoms with Gasteiger partial charge in [0.15, 0.2) is 0 Å². The van der Waals surface area contributed by atoms with Crippen molar-refractivity contribution in [3.63, 3.8) is 0 Å². The highest BCUT2D eigenvalue weighted by Crippen LogP contribution is 1.94. The Morgan fingerprint density at radius 1 is 1.62 bits per heavy atom. The summed E-state index contributed by atoms with van der Waals surface area (Å²) in [5.41, 5.74) is 1.11. The van der Waals surface area contributed by atoms with Crippen LogP contribution in [0.15, 0.2) is 12.2 Å². The molecule has 0 aromatic rings. The lowest BCUT2D eigenvalue weighted by Crippen LogP contribution is -2.35. The van der Waals surface area contributed by atoms with Gasteiger partial charge in [-0.05, 0) is 33.7 Å². The van der Waals surface area contributed by atoms with E-state index in [-0.39, 0.29) is 12.0 Å². The van der Waals surface area contributed by atoms with Crippen molar-refractivity contribution in [1.29, 1.82) is 0 Å². The molecule has 0 aromatic heterocycles. The minimum Gasteiger partial charge on any atom is -0.465 e. The first-order valence-corrected chi connectivity index (χ1v) is 4.62. The maximum Gasteiger partial charge on any atom is 0.322 e. The summed E-state index contributed by atoms with van der Waals surface area (Å²) < 4.78 is 4.84. The third-order valence-corrected chi connectivity index (χ3v) is 1.64. The molecule has 0 saturated heterocycles. The normalized spacial score (nSPS) is 12.2. The SMILES string of the molecule is C=C(C)CCNC(C)C(=O)OCC. The highest BCUT2D eigenvalue weighted by molar-refractivity contribution is 5.75. The predicted molar refractivity (Wildman–Crippen MR) is 53.5 cm³/mol. The molecule has 1 N–H and O–H groups in total. The van der Waals surface area contributed by atoms with Gasteiger partial charge >= 0.3 is 5.97 Å². The Hall–Kier alpha value is -0.830. The predicted octanol–water partition coefficient (Wildman–Crippen LogP) is 1.49. The molecule has 1 atom stereocenters. The molecular weight excluding hydrogens is 166 g/mol. The lowest BCUT2D eigenvalue weighted by molar-refractivity contribution is -0.145. The summed E-state index contributed by atoms with van der Waals surface area (Å²) in [6, 6.07) is -0.223. The van der Waals surface area contributed by atoms with Gasteiger partial charge in [-0.3, -0.25) is 4.79 Å². The van der Waals surface area contributed by atoms with Crippen LogP contribution in [0.2, 0.25) is 0 Å². The Morgan fingerprint density at radius 3 is 2.69 bits per heavy atom. The molecule has 1 unspecified atom stereocenters. The van der Waals surface area contributed by atoms with E-state index in [9.17, 15) is 4.79 Å². The van der Waals surface area contributed by atoms with Crippen LogP contribution in [0.5, 0.6) is 0 Å². The van der Waals surface area contributed by atoms with Crippen LogP contribution in [0, 0.1) is 0 Å². The van der Waals surface area contributed by atoms with E-state index in [0.29, 0.717) is 6.61 Å². The number of hydrogen-bond donors (Lipinski definition) is 1. The molecular formula is C10H19NO2. The molecule has 0 saturated carbocycles. The summed E-state index contributed by atoms with van der Waals surface area (Å²) >= 11 is 0. The summed E-state index contributed by atoms with van der Waals surface area (Å²) in [6.45, 7) is 10.6. The average Bonchev–Trinajstić information content (AvgIpc) is 2.04. The zero-order valence-electron chi connectivity index (χ0n) is 8.72. The molecule has 0 aliphatic rings. The molecule has 3 heteroatoms. The Balaban J connectivity index is 3.55. The Kier molecular flexibility index (Phi) is 6.24. The largest absolute Gasteiger partial charge is 0.465 e. The van der Waals surface area contributed by atoms with Crippen molar-refractivity contribution in [3.05, 3.63) is 12.2 Å². The first-order valence-electron chi connectivity index (χ1n) is 4.62. The van der Waals surface area contributed by atoms with Crippen molar-refractivity contribution >= 4 is 5.97 Å².